The van der Waals surface area contributed by atoms with E-state index in [9.17, 15) is 9.59 Å². The molecule has 0 saturated carbocycles. The number of ether oxygens (including phenoxy) is 1. The van der Waals surface area contributed by atoms with Crippen LogP contribution in [0.5, 0.6) is 0 Å². The van der Waals surface area contributed by atoms with E-state index >= 15 is 0 Å². The summed E-state index contributed by atoms with van der Waals surface area (Å²) in [7, 11) is 1.63. The average molecular weight is 295 g/mol. The van der Waals surface area contributed by atoms with Crippen LogP contribution in [0.2, 0.25) is 0 Å². The third-order valence-electron chi connectivity index (χ3n) is 3.20. The molecule has 6 nitrogen and oxygen atoms in total. The number of hydrogen-bond donors (Lipinski definition) is 2. The molecule has 1 aromatic heterocycles. The van der Waals surface area contributed by atoms with Gasteiger partial charge in [0.1, 0.15) is 0 Å². The largest absolute Gasteiger partial charge is 0.376 e. The first-order valence-electron chi connectivity index (χ1n) is 6.27. The molecule has 0 radical (unpaired) electrons. The van der Waals surface area contributed by atoms with Gasteiger partial charge in [0.25, 0.3) is 0 Å². The molecule has 7 heteroatoms. The fourth-order valence-corrected chi connectivity index (χ4v) is 3.30. The van der Waals surface area contributed by atoms with E-state index < -0.39 is 11.8 Å². The average Bonchev–Trinajstić information content (AvgIpc) is 2.95. The molecule has 1 aromatic rings. The van der Waals surface area contributed by atoms with Crippen LogP contribution in [0.25, 0.3) is 0 Å². The minimum absolute atomic E-state index is 0.343. The number of carbonyl (C=O) groups excluding carboxylic acids is 2. The Bertz CT molecular complexity index is 475. The van der Waals surface area contributed by atoms with E-state index in [1.165, 1.54) is 6.20 Å². The zero-order chi connectivity index (χ0) is 14.4. The monoisotopic (exact) mass is 295 g/mol. The van der Waals surface area contributed by atoms with Gasteiger partial charge in [-0.1, -0.05) is 0 Å². The van der Waals surface area contributed by atoms with Crippen molar-refractivity contribution in [2.45, 2.75) is 12.0 Å². The van der Waals surface area contributed by atoms with Crippen LogP contribution in [-0.2, 0) is 14.3 Å². The van der Waals surface area contributed by atoms with Gasteiger partial charge in [0.05, 0.1) is 17.5 Å². The third-order valence-corrected chi connectivity index (χ3v) is 4.42. The predicted octanol–water partition coefficient (Wildman–Crippen LogP) is 0.658. The number of thioether (sulfide) groups is 1. The Kier molecular flexibility index (Phi) is 4.97. The van der Waals surface area contributed by atoms with Gasteiger partial charge in [0.15, 0.2) is 0 Å². The maximum absolute atomic E-state index is 11.8. The van der Waals surface area contributed by atoms with Crippen LogP contribution < -0.4 is 10.6 Å². The normalized spacial score (nSPS) is 21.4. The number of methoxy groups -OCH3 is 1. The summed E-state index contributed by atoms with van der Waals surface area (Å²) in [5, 5.41) is 5.11. The minimum Gasteiger partial charge on any atom is -0.376 e. The highest BCUT2D eigenvalue weighted by molar-refractivity contribution is 7.99. The molecule has 2 heterocycles. The number of rotatable bonds is 4. The van der Waals surface area contributed by atoms with Crippen molar-refractivity contribution >= 4 is 29.3 Å². The molecule has 1 fully saturated rings. The maximum Gasteiger partial charge on any atom is 0.313 e. The molecule has 0 bridgehead atoms. The van der Waals surface area contributed by atoms with Crippen molar-refractivity contribution in [1.82, 2.24) is 10.3 Å². The van der Waals surface area contributed by atoms with E-state index in [0.29, 0.717) is 12.2 Å². The summed E-state index contributed by atoms with van der Waals surface area (Å²) in [6.45, 7) is 0.343. The van der Waals surface area contributed by atoms with Gasteiger partial charge >= 0.3 is 11.8 Å². The Labute approximate surface area is 121 Å². The minimum atomic E-state index is -0.699. The highest BCUT2D eigenvalue weighted by Gasteiger charge is 2.35. The highest BCUT2D eigenvalue weighted by atomic mass is 32.2. The van der Waals surface area contributed by atoms with Gasteiger partial charge in [0.2, 0.25) is 0 Å². The van der Waals surface area contributed by atoms with Crippen molar-refractivity contribution in [1.29, 1.82) is 0 Å². The standard InChI is InChI=1S/C13H17N3O3S/c1-19-13(4-6-20-9-13)8-15-11(17)12(18)16-10-3-2-5-14-7-10/h2-3,5,7H,4,6,8-9H2,1H3,(H,15,17)(H,16,18)/t13-/m1/s1. The quantitative estimate of drug-likeness (QED) is 0.798. The number of nitrogens with zero attached hydrogens (tertiary/aromatic N) is 1. The van der Waals surface area contributed by atoms with Crippen LogP contribution in [-0.4, -0.2) is 47.6 Å². The van der Waals surface area contributed by atoms with E-state index in [0.717, 1.165) is 17.9 Å². The summed E-state index contributed by atoms with van der Waals surface area (Å²) in [6.07, 6.45) is 3.95. The summed E-state index contributed by atoms with van der Waals surface area (Å²) in [5.41, 5.74) is 0.139. The molecule has 0 aliphatic carbocycles. The van der Waals surface area contributed by atoms with Crippen LogP contribution in [0.3, 0.4) is 0 Å². The number of amides is 2. The van der Waals surface area contributed by atoms with Gasteiger partial charge in [-0.2, -0.15) is 11.8 Å². The zero-order valence-corrected chi connectivity index (χ0v) is 12.0. The van der Waals surface area contributed by atoms with Gasteiger partial charge in [-0.05, 0) is 24.3 Å². The lowest BCUT2D eigenvalue weighted by Crippen LogP contribution is -2.47. The topological polar surface area (TPSA) is 80.3 Å². The maximum atomic E-state index is 11.8. The first kappa shape index (κ1) is 14.8. The number of anilines is 1. The molecule has 2 N–H and O–H groups in total. The van der Waals surface area contributed by atoms with E-state index in [-0.39, 0.29) is 5.60 Å². The van der Waals surface area contributed by atoms with Crippen LogP contribution >= 0.6 is 11.8 Å². The summed E-state index contributed by atoms with van der Waals surface area (Å²) in [6, 6.07) is 3.35. The lowest BCUT2D eigenvalue weighted by Gasteiger charge is -2.26. The number of nitrogens with one attached hydrogen (secondary N) is 2. The summed E-state index contributed by atoms with van der Waals surface area (Å²) >= 11 is 1.78. The van der Waals surface area contributed by atoms with E-state index in [1.807, 2.05) is 0 Å². The van der Waals surface area contributed by atoms with Crippen molar-refractivity contribution in [3.05, 3.63) is 24.5 Å². The zero-order valence-electron chi connectivity index (χ0n) is 11.2. The Balaban J connectivity index is 1.84. The molecule has 1 aliphatic rings. The predicted molar refractivity (Wildman–Crippen MR) is 77.6 cm³/mol. The molecule has 1 saturated heterocycles. The fraction of sp³-hybridized carbons (Fsp3) is 0.462. The molecule has 2 rings (SSSR count). The molecule has 1 aliphatic heterocycles. The SMILES string of the molecule is CO[C@@]1(CNC(=O)C(=O)Nc2cccnc2)CCSC1. The molecule has 1 atom stereocenters. The van der Waals surface area contributed by atoms with Gasteiger partial charge in [-0.3, -0.25) is 14.6 Å². The molecule has 20 heavy (non-hydrogen) atoms. The summed E-state index contributed by atoms with van der Waals surface area (Å²) < 4.78 is 5.47. The number of hydrogen-bond acceptors (Lipinski definition) is 5. The molecule has 0 unspecified atom stereocenters. The molecular formula is C13H17N3O3S. The van der Waals surface area contributed by atoms with Gasteiger partial charge in [-0.15, -0.1) is 0 Å². The van der Waals surface area contributed by atoms with Gasteiger partial charge in [-0.25, -0.2) is 0 Å². The van der Waals surface area contributed by atoms with Crippen molar-refractivity contribution in [3.8, 4) is 0 Å². The molecular weight excluding hydrogens is 278 g/mol. The lowest BCUT2D eigenvalue weighted by atomic mass is 10.0. The Morgan fingerprint density at radius 2 is 2.35 bits per heavy atom. The first-order chi connectivity index (χ1) is 9.65. The second-order valence-corrected chi connectivity index (χ2v) is 5.67. The lowest BCUT2D eigenvalue weighted by molar-refractivity contribution is -0.136. The van der Waals surface area contributed by atoms with Crippen LogP contribution in [0.4, 0.5) is 5.69 Å². The van der Waals surface area contributed by atoms with E-state index in [1.54, 1.807) is 37.2 Å². The third kappa shape index (κ3) is 3.71. The Hall–Kier alpha value is -1.60. The Morgan fingerprint density at radius 1 is 1.50 bits per heavy atom. The second-order valence-electron chi connectivity index (χ2n) is 4.57. The smallest absolute Gasteiger partial charge is 0.313 e. The van der Waals surface area contributed by atoms with Gasteiger partial charge in [0, 0.05) is 25.6 Å². The van der Waals surface area contributed by atoms with Gasteiger partial charge < -0.3 is 15.4 Å². The van der Waals surface area contributed by atoms with E-state index in [4.69, 9.17) is 4.74 Å². The fourth-order valence-electron chi connectivity index (χ4n) is 1.91. The van der Waals surface area contributed by atoms with Crippen molar-refractivity contribution in [3.63, 3.8) is 0 Å². The number of carbonyl (C=O) groups is 2. The van der Waals surface area contributed by atoms with Crippen LogP contribution in [0.15, 0.2) is 24.5 Å². The van der Waals surface area contributed by atoms with E-state index in [2.05, 4.69) is 15.6 Å². The van der Waals surface area contributed by atoms with Crippen molar-refractivity contribution < 1.29 is 14.3 Å². The number of aromatic nitrogens is 1. The summed E-state index contributed by atoms with van der Waals surface area (Å²) in [4.78, 5) is 27.3. The number of pyridine rings is 1. The molecule has 2 amide bonds. The second kappa shape index (κ2) is 6.71. The van der Waals surface area contributed by atoms with Crippen LogP contribution in [0, 0.1) is 0 Å². The molecule has 0 aromatic carbocycles. The van der Waals surface area contributed by atoms with Crippen molar-refractivity contribution in [2.75, 3.05) is 30.5 Å². The molecule has 0 spiro atoms. The summed E-state index contributed by atoms with van der Waals surface area (Å²) in [5.74, 6) is 0.469. The Morgan fingerprint density at radius 3 is 2.95 bits per heavy atom. The first-order valence-corrected chi connectivity index (χ1v) is 7.43. The molecule has 108 valence electrons. The van der Waals surface area contributed by atoms with Crippen molar-refractivity contribution in [2.24, 2.45) is 0 Å². The van der Waals surface area contributed by atoms with Crippen LogP contribution in [0.1, 0.15) is 6.42 Å². The highest BCUT2D eigenvalue weighted by Crippen LogP contribution is 2.30.